The number of aromatic amines is 1. The van der Waals surface area contributed by atoms with E-state index < -0.39 is 0 Å². The molecule has 2 unspecified atom stereocenters. The number of nitrogens with two attached hydrogens (primary N) is 1. The van der Waals surface area contributed by atoms with Crippen molar-refractivity contribution in [1.29, 1.82) is 0 Å². The van der Waals surface area contributed by atoms with E-state index in [4.69, 9.17) is 5.73 Å². The smallest absolute Gasteiger partial charge is 0.166 e. The van der Waals surface area contributed by atoms with Gasteiger partial charge in [0.2, 0.25) is 0 Å². The second kappa shape index (κ2) is 4.11. The number of rotatable bonds is 2. The number of imidazole rings is 1. The molecule has 4 heteroatoms. The third kappa shape index (κ3) is 1.83. The Morgan fingerprint density at radius 3 is 2.94 bits per heavy atom. The number of benzene rings is 1. The molecule has 0 spiro atoms. The lowest BCUT2D eigenvalue weighted by atomic mass is 10.3. The third-order valence-electron chi connectivity index (χ3n) is 3.13. The highest BCUT2D eigenvalue weighted by Crippen LogP contribution is 2.33. The van der Waals surface area contributed by atoms with Crippen molar-refractivity contribution in [2.45, 2.75) is 35.7 Å². The van der Waals surface area contributed by atoms with E-state index in [0.717, 1.165) is 22.6 Å². The molecule has 1 aliphatic carbocycles. The van der Waals surface area contributed by atoms with E-state index in [0.29, 0.717) is 11.3 Å². The van der Waals surface area contributed by atoms with Crippen molar-refractivity contribution in [3.05, 3.63) is 24.3 Å². The van der Waals surface area contributed by atoms with Gasteiger partial charge in [0.25, 0.3) is 0 Å². The zero-order valence-electron chi connectivity index (χ0n) is 9.02. The van der Waals surface area contributed by atoms with Crippen LogP contribution in [0.1, 0.15) is 19.3 Å². The van der Waals surface area contributed by atoms with Crippen LogP contribution in [0.3, 0.4) is 0 Å². The molecule has 16 heavy (non-hydrogen) atoms. The first-order chi connectivity index (χ1) is 7.83. The van der Waals surface area contributed by atoms with Crippen LogP contribution < -0.4 is 5.73 Å². The quantitative estimate of drug-likeness (QED) is 0.838. The van der Waals surface area contributed by atoms with E-state index in [1.54, 1.807) is 11.8 Å². The summed E-state index contributed by atoms with van der Waals surface area (Å²) in [5, 5.41) is 1.53. The Labute approximate surface area is 98.8 Å². The summed E-state index contributed by atoms with van der Waals surface area (Å²) < 4.78 is 0. The maximum Gasteiger partial charge on any atom is 0.166 e. The van der Waals surface area contributed by atoms with Crippen LogP contribution >= 0.6 is 11.8 Å². The van der Waals surface area contributed by atoms with E-state index in [9.17, 15) is 0 Å². The van der Waals surface area contributed by atoms with Crippen LogP contribution in [-0.4, -0.2) is 21.3 Å². The van der Waals surface area contributed by atoms with Crippen LogP contribution in [-0.2, 0) is 0 Å². The Balaban J connectivity index is 1.83. The number of hydrogen-bond acceptors (Lipinski definition) is 3. The first kappa shape index (κ1) is 10.2. The lowest BCUT2D eigenvalue weighted by molar-refractivity contribution is 0.714. The van der Waals surface area contributed by atoms with Crippen LogP contribution in [0, 0.1) is 0 Å². The topological polar surface area (TPSA) is 54.7 Å². The number of thioether (sulfide) groups is 1. The number of H-pyrrole nitrogens is 1. The third-order valence-corrected chi connectivity index (χ3v) is 4.44. The fourth-order valence-corrected chi connectivity index (χ4v) is 3.43. The fraction of sp³-hybridized carbons (Fsp3) is 0.417. The zero-order chi connectivity index (χ0) is 11.0. The van der Waals surface area contributed by atoms with E-state index in [1.165, 1.54) is 12.8 Å². The Morgan fingerprint density at radius 2 is 2.19 bits per heavy atom. The molecule has 1 aromatic carbocycles. The predicted octanol–water partition coefficient (Wildman–Crippen LogP) is 2.53. The van der Waals surface area contributed by atoms with Gasteiger partial charge in [-0.25, -0.2) is 4.98 Å². The van der Waals surface area contributed by atoms with Crippen molar-refractivity contribution < 1.29 is 0 Å². The Hall–Kier alpha value is -1.00. The standard InChI is InChI=1S/C12H15N3S/c13-8-4-3-7-11(8)16-12-14-9-5-1-2-6-10(9)15-12/h1-2,5-6,8,11H,3-4,7,13H2,(H,14,15). The first-order valence-corrected chi connectivity index (χ1v) is 6.58. The molecule has 3 N–H and O–H groups in total. The van der Waals surface area contributed by atoms with E-state index in [-0.39, 0.29) is 0 Å². The normalized spacial score (nSPS) is 25.3. The highest BCUT2D eigenvalue weighted by atomic mass is 32.2. The summed E-state index contributed by atoms with van der Waals surface area (Å²) in [7, 11) is 0. The van der Waals surface area contributed by atoms with Gasteiger partial charge in [0, 0.05) is 11.3 Å². The molecule has 3 nitrogen and oxygen atoms in total. The Kier molecular flexibility index (Phi) is 2.61. The average molecular weight is 233 g/mol. The summed E-state index contributed by atoms with van der Waals surface area (Å²) in [4.78, 5) is 7.90. The molecule has 0 amide bonds. The minimum atomic E-state index is 0.332. The van der Waals surface area contributed by atoms with E-state index >= 15 is 0 Å². The van der Waals surface area contributed by atoms with Gasteiger partial charge in [-0.2, -0.15) is 0 Å². The summed E-state index contributed by atoms with van der Waals surface area (Å²) in [5.74, 6) is 0. The molecular formula is C12H15N3S. The molecule has 1 aromatic heterocycles. The van der Waals surface area contributed by atoms with Crippen LogP contribution in [0.4, 0.5) is 0 Å². The van der Waals surface area contributed by atoms with Gasteiger partial charge in [0.1, 0.15) is 0 Å². The van der Waals surface area contributed by atoms with Crippen molar-refractivity contribution in [3.63, 3.8) is 0 Å². The van der Waals surface area contributed by atoms with Gasteiger partial charge >= 0.3 is 0 Å². The molecule has 1 heterocycles. The molecule has 0 radical (unpaired) electrons. The fourth-order valence-electron chi connectivity index (χ4n) is 2.23. The summed E-state index contributed by atoms with van der Waals surface area (Å²) in [6, 6.07) is 8.46. The molecule has 3 rings (SSSR count). The van der Waals surface area contributed by atoms with Crippen molar-refractivity contribution in [1.82, 2.24) is 9.97 Å². The average Bonchev–Trinajstić information content (AvgIpc) is 2.85. The maximum atomic E-state index is 6.06. The van der Waals surface area contributed by atoms with Crippen molar-refractivity contribution in [2.75, 3.05) is 0 Å². The van der Waals surface area contributed by atoms with Crippen LogP contribution in [0.25, 0.3) is 11.0 Å². The number of fused-ring (bicyclic) bond motifs is 1. The van der Waals surface area contributed by atoms with Crippen molar-refractivity contribution in [3.8, 4) is 0 Å². The molecular weight excluding hydrogens is 218 g/mol. The van der Waals surface area contributed by atoms with E-state index in [2.05, 4.69) is 16.0 Å². The van der Waals surface area contributed by atoms with Gasteiger partial charge in [0.15, 0.2) is 5.16 Å². The summed E-state index contributed by atoms with van der Waals surface area (Å²) in [5.41, 5.74) is 8.20. The summed E-state index contributed by atoms with van der Waals surface area (Å²) in [6.45, 7) is 0. The SMILES string of the molecule is NC1CCCC1Sc1nc2ccccc2[nH]1. The summed E-state index contributed by atoms with van der Waals surface area (Å²) in [6.07, 6.45) is 3.61. The van der Waals surface area contributed by atoms with Crippen LogP contribution in [0.5, 0.6) is 0 Å². The molecule has 0 aliphatic heterocycles. The minimum Gasteiger partial charge on any atom is -0.333 e. The second-order valence-electron chi connectivity index (χ2n) is 4.31. The van der Waals surface area contributed by atoms with Gasteiger partial charge in [-0.15, -0.1) is 0 Å². The van der Waals surface area contributed by atoms with Crippen LogP contribution in [0.2, 0.25) is 0 Å². The first-order valence-electron chi connectivity index (χ1n) is 5.70. The highest BCUT2D eigenvalue weighted by Gasteiger charge is 2.25. The lowest BCUT2D eigenvalue weighted by Crippen LogP contribution is -2.26. The van der Waals surface area contributed by atoms with Crippen LogP contribution in [0.15, 0.2) is 29.4 Å². The molecule has 0 saturated heterocycles. The largest absolute Gasteiger partial charge is 0.333 e. The Bertz CT molecular complexity index is 461. The van der Waals surface area contributed by atoms with Gasteiger partial charge in [-0.05, 0) is 25.0 Å². The Morgan fingerprint density at radius 1 is 1.31 bits per heavy atom. The summed E-state index contributed by atoms with van der Waals surface area (Å²) >= 11 is 1.79. The number of hydrogen-bond donors (Lipinski definition) is 2. The van der Waals surface area contributed by atoms with Gasteiger partial charge in [-0.1, -0.05) is 30.3 Å². The zero-order valence-corrected chi connectivity index (χ0v) is 9.83. The van der Waals surface area contributed by atoms with E-state index in [1.807, 2.05) is 18.2 Å². The monoisotopic (exact) mass is 233 g/mol. The molecule has 2 aromatic rings. The van der Waals surface area contributed by atoms with Gasteiger partial charge in [0.05, 0.1) is 11.0 Å². The molecule has 1 saturated carbocycles. The molecule has 0 bridgehead atoms. The minimum absolute atomic E-state index is 0.332. The van der Waals surface area contributed by atoms with Crippen molar-refractivity contribution >= 4 is 22.8 Å². The predicted molar refractivity (Wildman–Crippen MR) is 67.6 cm³/mol. The number of nitrogens with zero attached hydrogens (tertiary/aromatic N) is 1. The molecule has 1 fully saturated rings. The maximum absolute atomic E-state index is 6.06. The number of para-hydroxylation sites is 2. The number of nitrogens with one attached hydrogen (secondary N) is 1. The second-order valence-corrected chi connectivity index (χ2v) is 5.54. The molecule has 1 aliphatic rings. The number of aromatic nitrogens is 2. The van der Waals surface area contributed by atoms with Crippen molar-refractivity contribution in [2.24, 2.45) is 5.73 Å². The molecule has 2 atom stereocenters. The van der Waals surface area contributed by atoms with Gasteiger partial charge in [-0.3, -0.25) is 0 Å². The highest BCUT2D eigenvalue weighted by molar-refractivity contribution is 7.99. The lowest BCUT2D eigenvalue weighted by Gasteiger charge is -2.12. The van der Waals surface area contributed by atoms with Gasteiger partial charge < -0.3 is 10.7 Å². The molecule has 84 valence electrons.